The second-order valence-electron chi connectivity index (χ2n) is 8.27. The van der Waals surface area contributed by atoms with Gasteiger partial charge in [-0.25, -0.2) is 4.98 Å². The van der Waals surface area contributed by atoms with Crippen molar-refractivity contribution in [3.05, 3.63) is 53.7 Å². The molecule has 1 aromatic heterocycles. The molecule has 7 nitrogen and oxygen atoms in total. The Morgan fingerprint density at radius 3 is 2.60 bits per heavy atom. The Hall–Kier alpha value is -2.93. The van der Waals surface area contributed by atoms with Crippen LogP contribution in [0.5, 0.6) is 5.88 Å². The lowest BCUT2D eigenvalue weighted by atomic mass is 9.97. The van der Waals surface area contributed by atoms with E-state index < -0.39 is 0 Å². The maximum Gasteiger partial charge on any atom is 0.257 e. The lowest BCUT2D eigenvalue weighted by molar-refractivity contribution is -0.123. The number of anilines is 1. The Labute approximate surface area is 176 Å². The first-order valence-corrected chi connectivity index (χ1v) is 10.6. The molecule has 30 heavy (non-hydrogen) atoms. The minimum Gasteiger partial charge on any atom is -0.477 e. The maximum absolute atomic E-state index is 12.5. The lowest BCUT2D eigenvalue weighted by Gasteiger charge is -2.31. The Kier molecular flexibility index (Phi) is 6.28. The van der Waals surface area contributed by atoms with Gasteiger partial charge in [-0.3, -0.25) is 14.5 Å². The molecule has 0 bridgehead atoms. The number of nitrogens with one attached hydrogen (secondary N) is 1. The van der Waals surface area contributed by atoms with Crippen LogP contribution < -0.4 is 15.8 Å². The molecule has 2 amide bonds. The Balaban J connectivity index is 1.28. The van der Waals surface area contributed by atoms with Gasteiger partial charge in [0.25, 0.3) is 5.91 Å². The monoisotopic (exact) mass is 408 g/mol. The SMILES string of the molecule is NC(=O)C1CCCN(Cc2ccc(NC(=O)c3ccc(OCC4CC4)nc3)cc2)C1. The van der Waals surface area contributed by atoms with Crippen LogP contribution in [-0.2, 0) is 11.3 Å². The van der Waals surface area contributed by atoms with Gasteiger partial charge in [0.05, 0.1) is 18.1 Å². The number of carbonyl (C=O) groups is 2. The molecule has 158 valence electrons. The summed E-state index contributed by atoms with van der Waals surface area (Å²) in [7, 11) is 0. The number of likely N-dealkylation sites (tertiary alicyclic amines) is 1. The molecule has 0 radical (unpaired) electrons. The van der Waals surface area contributed by atoms with Gasteiger partial charge in [0.1, 0.15) is 0 Å². The molecule has 1 aromatic carbocycles. The van der Waals surface area contributed by atoms with Crippen LogP contribution in [0.25, 0.3) is 0 Å². The van der Waals surface area contributed by atoms with Crippen molar-refractivity contribution in [1.82, 2.24) is 9.88 Å². The van der Waals surface area contributed by atoms with Gasteiger partial charge in [0.2, 0.25) is 11.8 Å². The van der Waals surface area contributed by atoms with Gasteiger partial charge in [0, 0.05) is 31.0 Å². The topological polar surface area (TPSA) is 97.6 Å². The van der Waals surface area contributed by atoms with E-state index in [-0.39, 0.29) is 17.7 Å². The molecular weight excluding hydrogens is 380 g/mol. The van der Waals surface area contributed by atoms with Crippen LogP contribution in [0.4, 0.5) is 5.69 Å². The van der Waals surface area contributed by atoms with Gasteiger partial charge in [-0.2, -0.15) is 0 Å². The van der Waals surface area contributed by atoms with Gasteiger partial charge < -0.3 is 15.8 Å². The normalized spacial score (nSPS) is 19.3. The number of aromatic nitrogens is 1. The molecule has 4 rings (SSSR count). The standard InChI is InChI=1S/C23H28N4O3/c24-22(28)19-2-1-11-27(14-19)13-16-5-8-20(9-6-16)26-23(29)18-7-10-21(25-12-18)30-15-17-3-4-17/h5-10,12,17,19H,1-4,11,13-15H2,(H2,24,28)(H,26,29). The summed E-state index contributed by atoms with van der Waals surface area (Å²) in [6.45, 7) is 3.15. The molecule has 0 spiro atoms. The zero-order valence-electron chi connectivity index (χ0n) is 17.0. The molecule has 1 atom stereocenters. The van der Waals surface area contributed by atoms with E-state index in [0.717, 1.165) is 37.2 Å². The van der Waals surface area contributed by atoms with Crippen molar-refractivity contribution in [3.63, 3.8) is 0 Å². The quantitative estimate of drug-likeness (QED) is 0.700. The number of carbonyl (C=O) groups excluding carboxylic acids is 2. The average molecular weight is 409 g/mol. The van der Waals surface area contributed by atoms with Crippen molar-refractivity contribution in [2.75, 3.05) is 25.0 Å². The third-order valence-electron chi connectivity index (χ3n) is 5.69. The molecule has 3 N–H and O–H groups in total. The molecule has 2 aromatic rings. The molecule has 2 fully saturated rings. The summed E-state index contributed by atoms with van der Waals surface area (Å²) in [5, 5.41) is 2.90. The first-order chi connectivity index (χ1) is 14.6. The first kappa shape index (κ1) is 20.3. The van der Waals surface area contributed by atoms with Crippen LogP contribution in [0.3, 0.4) is 0 Å². The van der Waals surface area contributed by atoms with E-state index in [9.17, 15) is 9.59 Å². The number of piperidine rings is 1. The summed E-state index contributed by atoms with van der Waals surface area (Å²) in [5.41, 5.74) is 7.81. The molecule has 1 aliphatic carbocycles. The van der Waals surface area contributed by atoms with Crippen molar-refractivity contribution in [2.45, 2.75) is 32.2 Å². The van der Waals surface area contributed by atoms with Gasteiger partial charge in [-0.15, -0.1) is 0 Å². The van der Waals surface area contributed by atoms with E-state index in [0.29, 0.717) is 30.5 Å². The Morgan fingerprint density at radius 2 is 1.93 bits per heavy atom. The van der Waals surface area contributed by atoms with Crippen LogP contribution >= 0.6 is 0 Å². The van der Waals surface area contributed by atoms with Crippen LogP contribution in [-0.4, -0.2) is 41.4 Å². The number of ether oxygens (including phenoxy) is 1. The predicted molar refractivity (Wildman–Crippen MR) is 114 cm³/mol. The molecular formula is C23H28N4O3. The molecule has 2 aliphatic rings. The van der Waals surface area contributed by atoms with Crippen molar-refractivity contribution in [3.8, 4) is 5.88 Å². The first-order valence-electron chi connectivity index (χ1n) is 10.6. The summed E-state index contributed by atoms with van der Waals surface area (Å²) < 4.78 is 5.61. The summed E-state index contributed by atoms with van der Waals surface area (Å²) >= 11 is 0. The second-order valence-corrected chi connectivity index (χ2v) is 8.27. The Morgan fingerprint density at radius 1 is 1.13 bits per heavy atom. The van der Waals surface area contributed by atoms with Gasteiger partial charge in [-0.1, -0.05) is 12.1 Å². The van der Waals surface area contributed by atoms with E-state index in [1.54, 1.807) is 12.1 Å². The highest BCUT2D eigenvalue weighted by molar-refractivity contribution is 6.04. The van der Waals surface area contributed by atoms with E-state index in [1.807, 2.05) is 24.3 Å². The van der Waals surface area contributed by atoms with E-state index >= 15 is 0 Å². The number of rotatable bonds is 8. The molecule has 1 saturated heterocycles. The lowest BCUT2D eigenvalue weighted by Crippen LogP contribution is -2.40. The highest BCUT2D eigenvalue weighted by atomic mass is 16.5. The fourth-order valence-electron chi connectivity index (χ4n) is 3.67. The second kappa shape index (κ2) is 9.26. The van der Waals surface area contributed by atoms with Crippen molar-refractivity contribution in [2.24, 2.45) is 17.6 Å². The number of benzene rings is 1. The fourth-order valence-corrected chi connectivity index (χ4v) is 3.67. The fraction of sp³-hybridized carbons (Fsp3) is 0.435. The number of primary amides is 1. The number of amides is 2. The van der Waals surface area contributed by atoms with Crippen molar-refractivity contribution >= 4 is 17.5 Å². The number of nitrogens with zero attached hydrogens (tertiary/aromatic N) is 2. The van der Waals surface area contributed by atoms with Gasteiger partial charge in [0.15, 0.2) is 0 Å². The number of hydrogen-bond donors (Lipinski definition) is 2. The number of nitrogens with two attached hydrogens (primary N) is 1. The third-order valence-corrected chi connectivity index (χ3v) is 5.69. The predicted octanol–water partition coefficient (Wildman–Crippen LogP) is 2.82. The largest absolute Gasteiger partial charge is 0.477 e. The maximum atomic E-state index is 12.5. The highest BCUT2D eigenvalue weighted by Crippen LogP contribution is 2.29. The van der Waals surface area contributed by atoms with Crippen molar-refractivity contribution < 1.29 is 14.3 Å². The minimum absolute atomic E-state index is 0.0589. The van der Waals surface area contributed by atoms with Crippen LogP contribution in [0.15, 0.2) is 42.6 Å². The molecule has 2 heterocycles. The number of hydrogen-bond acceptors (Lipinski definition) is 5. The van der Waals surface area contributed by atoms with E-state index in [1.165, 1.54) is 19.0 Å². The molecule has 1 aliphatic heterocycles. The smallest absolute Gasteiger partial charge is 0.257 e. The summed E-state index contributed by atoms with van der Waals surface area (Å²) in [6.07, 6.45) is 5.85. The summed E-state index contributed by atoms with van der Waals surface area (Å²) in [4.78, 5) is 30.4. The average Bonchev–Trinajstić information content (AvgIpc) is 3.59. The highest BCUT2D eigenvalue weighted by Gasteiger charge is 2.24. The van der Waals surface area contributed by atoms with Crippen molar-refractivity contribution in [1.29, 1.82) is 0 Å². The zero-order valence-corrected chi connectivity index (χ0v) is 17.0. The van der Waals surface area contributed by atoms with E-state index in [2.05, 4.69) is 15.2 Å². The van der Waals surface area contributed by atoms with Crippen LogP contribution in [0, 0.1) is 11.8 Å². The van der Waals surface area contributed by atoms with Crippen LogP contribution in [0.2, 0.25) is 0 Å². The molecule has 1 unspecified atom stereocenters. The Bertz CT molecular complexity index is 878. The van der Waals surface area contributed by atoms with E-state index in [4.69, 9.17) is 10.5 Å². The number of pyridine rings is 1. The molecule has 1 saturated carbocycles. The summed E-state index contributed by atoms with van der Waals surface area (Å²) in [6, 6.07) is 11.2. The van der Waals surface area contributed by atoms with Gasteiger partial charge >= 0.3 is 0 Å². The zero-order chi connectivity index (χ0) is 20.9. The minimum atomic E-state index is -0.213. The van der Waals surface area contributed by atoms with Crippen LogP contribution in [0.1, 0.15) is 41.6 Å². The third kappa shape index (κ3) is 5.57. The summed E-state index contributed by atoms with van der Waals surface area (Å²) in [5.74, 6) is 0.742. The molecule has 7 heteroatoms. The van der Waals surface area contributed by atoms with Gasteiger partial charge in [-0.05, 0) is 61.9 Å².